The number of hydrogen-bond acceptors (Lipinski definition) is 5. The maximum absolute atomic E-state index is 14.1. The quantitative estimate of drug-likeness (QED) is 0.434. The summed E-state index contributed by atoms with van der Waals surface area (Å²) >= 11 is 0. The van der Waals surface area contributed by atoms with Crippen molar-refractivity contribution in [1.82, 2.24) is 15.1 Å². The summed E-state index contributed by atoms with van der Waals surface area (Å²) in [5.74, 6) is 0.243. The van der Waals surface area contributed by atoms with Gasteiger partial charge >= 0.3 is 6.03 Å². The topological polar surface area (TPSA) is 87.4 Å². The van der Waals surface area contributed by atoms with E-state index in [0.717, 1.165) is 27.8 Å². The van der Waals surface area contributed by atoms with Gasteiger partial charge in [0.1, 0.15) is 11.5 Å². The normalized spacial score (nSPS) is 16.0. The number of urea groups is 1. The lowest BCUT2D eigenvalue weighted by molar-refractivity contribution is 0.200. The number of amides is 2. The maximum Gasteiger partial charge on any atom is 0.322 e. The summed E-state index contributed by atoms with van der Waals surface area (Å²) in [5.41, 5.74) is 7.87. The number of halogens is 1. The second-order valence-electron chi connectivity index (χ2n) is 8.44. The van der Waals surface area contributed by atoms with Crippen LogP contribution in [0, 0.1) is 5.82 Å². The van der Waals surface area contributed by atoms with Crippen LogP contribution in [-0.2, 0) is 0 Å². The number of nitrogens with two attached hydrogens (primary N) is 1. The van der Waals surface area contributed by atoms with Crippen LogP contribution >= 0.6 is 0 Å². The van der Waals surface area contributed by atoms with Crippen LogP contribution in [-0.4, -0.2) is 46.8 Å². The molecule has 5 rings (SSSR count). The third-order valence-electron chi connectivity index (χ3n) is 6.14. The van der Waals surface area contributed by atoms with Gasteiger partial charge in [0.05, 0.1) is 5.69 Å². The van der Waals surface area contributed by atoms with Gasteiger partial charge in [-0.1, -0.05) is 54.6 Å². The number of hydrogen-bond donors (Lipinski definition) is 2. The Labute approximate surface area is 197 Å². The van der Waals surface area contributed by atoms with Gasteiger partial charge in [0.15, 0.2) is 5.82 Å². The van der Waals surface area contributed by atoms with E-state index in [4.69, 9.17) is 5.73 Å². The molecule has 34 heavy (non-hydrogen) atoms. The Morgan fingerprint density at radius 1 is 1.00 bits per heavy atom. The van der Waals surface area contributed by atoms with Crippen LogP contribution in [0.3, 0.4) is 0 Å². The fourth-order valence-electron chi connectivity index (χ4n) is 4.39. The fraction of sp³-hybridized carbons (Fsp3) is 0.192. The number of carbonyl (C=O) groups is 1. The molecule has 3 aromatic carbocycles. The van der Waals surface area contributed by atoms with E-state index in [0.29, 0.717) is 25.3 Å². The molecule has 0 radical (unpaired) electrons. The van der Waals surface area contributed by atoms with E-state index in [9.17, 15) is 9.18 Å². The predicted octanol–water partition coefficient (Wildman–Crippen LogP) is 4.76. The standard InChI is InChI=1S/C26H25FN6O/c1-17-16-32(26(34)29-23-12-11-19(28)15-22(23)27)13-14-33(17)25-21-10-6-5-9-20(21)24(30-31-25)18-7-3-2-4-8-18/h2-12,15,17H,13-14,16,28H2,1H3,(H,29,34)/t17-/m0/s1. The highest BCUT2D eigenvalue weighted by Gasteiger charge is 2.29. The van der Waals surface area contributed by atoms with Crippen molar-refractivity contribution in [3.05, 3.63) is 78.6 Å². The molecule has 4 aromatic rings. The molecular formula is C26H25FN6O. The van der Waals surface area contributed by atoms with Crippen molar-refractivity contribution >= 4 is 34.0 Å². The van der Waals surface area contributed by atoms with E-state index in [2.05, 4.69) is 32.5 Å². The van der Waals surface area contributed by atoms with Crippen LogP contribution in [0.4, 0.5) is 26.4 Å². The average Bonchev–Trinajstić information content (AvgIpc) is 2.85. The highest BCUT2D eigenvalue weighted by Crippen LogP contribution is 2.32. The molecule has 2 heterocycles. The van der Waals surface area contributed by atoms with Crippen molar-refractivity contribution in [1.29, 1.82) is 0 Å². The number of carbonyl (C=O) groups excluding carboxylic acids is 1. The number of nitrogens with one attached hydrogen (secondary N) is 1. The number of nitrogens with zero attached hydrogens (tertiary/aromatic N) is 4. The van der Waals surface area contributed by atoms with Gasteiger partial charge in [-0.3, -0.25) is 0 Å². The molecule has 1 aliphatic rings. The minimum atomic E-state index is -0.555. The largest absolute Gasteiger partial charge is 0.399 e. The molecule has 1 aromatic heterocycles. The van der Waals surface area contributed by atoms with E-state index < -0.39 is 5.82 Å². The summed E-state index contributed by atoms with van der Waals surface area (Å²) in [6.45, 7) is 3.58. The molecule has 1 saturated heterocycles. The van der Waals surface area contributed by atoms with Crippen molar-refractivity contribution in [2.75, 3.05) is 35.6 Å². The molecule has 1 fully saturated rings. The summed E-state index contributed by atoms with van der Waals surface area (Å²) in [6.07, 6.45) is 0. The predicted molar refractivity (Wildman–Crippen MR) is 133 cm³/mol. The lowest BCUT2D eigenvalue weighted by atomic mass is 10.0. The van der Waals surface area contributed by atoms with Crippen molar-refractivity contribution < 1.29 is 9.18 Å². The van der Waals surface area contributed by atoms with E-state index in [-0.39, 0.29) is 17.8 Å². The number of aromatic nitrogens is 2. The minimum absolute atomic E-state index is 0.00366. The summed E-state index contributed by atoms with van der Waals surface area (Å²) in [5, 5.41) is 13.9. The molecular weight excluding hydrogens is 431 g/mol. The first kappa shape index (κ1) is 21.6. The van der Waals surface area contributed by atoms with E-state index in [1.165, 1.54) is 12.1 Å². The second-order valence-corrected chi connectivity index (χ2v) is 8.44. The van der Waals surface area contributed by atoms with Crippen LogP contribution in [0.25, 0.3) is 22.0 Å². The van der Waals surface area contributed by atoms with E-state index in [1.807, 2.05) is 49.4 Å². The van der Waals surface area contributed by atoms with E-state index >= 15 is 0 Å². The van der Waals surface area contributed by atoms with Crippen molar-refractivity contribution in [3.63, 3.8) is 0 Å². The van der Waals surface area contributed by atoms with Crippen molar-refractivity contribution in [2.24, 2.45) is 0 Å². The van der Waals surface area contributed by atoms with Crippen LogP contribution < -0.4 is 16.0 Å². The number of benzene rings is 3. The molecule has 0 aliphatic carbocycles. The third kappa shape index (κ3) is 4.10. The molecule has 2 amide bonds. The molecule has 172 valence electrons. The Balaban J connectivity index is 1.37. The maximum atomic E-state index is 14.1. The fourth-order valence-corrected chi connectivity index (χ4v) is 4.39. The van der Waals surface area contributed by atoms with Crippen LogP contribution in [0.5, 0.6) is 0 Å². The molecule has 3 N–H and O–H groups in total. The molecule has 0 unspecified atom stereocenters. The van der Waals surface area contributed by atoms with Gasteiger partial charge in [0.2, 0.25) is 0 Å². The Morgan fingerprint density at radius 3 is 2.47 bits per heavy atom. The highest BCUT2D eigenvalue weighted by molar-refractivity contribution is 6.00. The Bertz CT molecular complexity index is 1350. The first-order valence-electron chi connectivity index (χ1n) is 11.2. The molecule has 0 bridgehead atoms. The molecule has 1 atom stereocenters. The van der Waals surface area contributed by atoms with Gasteiger partial charge in [-0.15, -0.1) is 10.2 Å². The zero-order valence-electron chi connectivity index (χ0n) is 18.8. The van der Waals surface area contributed by atoms with Crippen molar-refractivity contribution in [2.45, 2.75) is 13.0 Å². The first-order chi connectivity index (χ1) is 16.5. The van der Waals surface area contributed by atoms with Gasteiger partial charge in [0.25, 0.3) is 0 Å². The van der Waals surface area contributed by atoms with Crippen LogP contribution in [0.15, 0.2) is 72.8 Å². The lowest BCUT2D eigenvalue weighted by Gasteiger charge is -2.40. The number of piperazine rings is 1. The Kier molecular flexibility index (Phi) is 5.71. The van der Waals surface area contributed by atoms with Crippen LogP contribution in [0.2, 0.25) is 0 Å². The van der Waals surface area contributed by atoms with Gasteiger partial charge in [0, 0.05) is 47.7 Å². The van der Waals surface area contributed by atoms with Crippen LogP contribution in [0.1, 0.15) is 6.92 Å². The van der Waals surface area contributed by atoms with Gasteiger partial charge in [-0.25, -0.2) is 9.18 Å². The monoisotopic (exact) mass is 456 g/mol. The summed E-state index contributed by atoms with van der Waals surface area (Å²) in [6, 6.07) is 22.0. The molecule has 7 nitrogen and oxygen atoms in total. The van der Waals surface area contributed by atoms with Gasteiger partial charge in [-0.2, -0.15) is 0 Å². The summed E-state index contributed by atoms with van der Waals surface area (Å²) in [7, 11) is 0. The zero-order chi connectivity index (χ0) is 23.7. The number of anilines is 3. The average molecular weight is 457 g/mol. The van der Waals surface area contributed by atoms with Gasteiger partial charge in [-0.05, 0) is 25.1 Å². The van der Waals surface area contributed by atoms with E-state index in [1.54, 1.807) is 11.0 Å². The number of rotatable bonds is 3. The molecule has 0 spiro atoms. The highest BCUT2D eigenvalue weighted by atomic mass is 19.1. The number of fused-ring (bicyclic) bond motifs is 1. The minimum Gasteiger partial charge on any atom is -0.399 e. The zero-order valence-corrected chi connectivity index (χ0v) is 18.8. The first-order valence-corrected chi connectivity index (χ1v) is 11.2. The Morgan fingerprint density at radius 2 is 1.74 bits per heavy atom. The number of nitrogen functional groups attached to an aromatic ring is 1. The smallest absolute Gasteiger partial charge is 0.322 e. The molecule has 1 aliphatic heterocycles. The van der Waals surface area contributed by atoms with Crippen molar-refractivity contribution in [3.8, 4) is 11.3 Å². The SMILES string of the molecule is C[C@H]1CN(C(=O)Nc2ccc(N)cc2F)CCN1c1nnc(-c2ccccc2)c2ccccc12. The Hall–Kier alpha value is -4.20. The third-order valence-corrected chi connectivity index (χ3v) is 6.14. The molecule has 8 heteroatoms. The summed E-state index contributed by atoms with van der Waals surface area (Å²) in [4.78, 5) is 16.6. The summed E-state index contributed by atoms with van der Waals surface area (Å²) < 4.78 is 14.1. The second kappa shape index (κ2) is 8.97. The molecule has 0 saturated carbocycles. The van der Waals surface area contributed by atoms with Gasteiger partial charge < -0.3 is 20.9 Å². The lowest BCUT2D eigenvalue weighted by Crippen LogP contribution is -2.55.